The fraction of sp³-hybridized carbons (Fsp3) is 0.350. The summed E-state index contributed by atoms with van der Waals surface area (Å²) >= 11 is 0. The van der Waals surface area contributed by atoms with Gasteiger partial charge < -0.3 is 20.4 Å². The number of rotatable bonds is 9. The van der Waals surface area contributed by atoms with Crippen LogP contribution in [0.4, 0.5) is 0 Å². The minimum absolute atomic E-state index is 0.0382. The Morgan fingerprint density at radius 3 is 2.41 bits per heavy atom. The Morgan fingerprint density at radius 2 is 1.74 bits per heavy atom. The molecule has 142 valence electrons. The van der Waals surface area contributed by atoms with Crippen LogP contribution in [0.5, 0.6) is 0 Å². The second kappa shape index (κ2) is 9.02. The van der Waals surface area contributed by atoms with Crippen LogP contribution in [-0.2, 0) is 16.0 Å². The van der Waals surface area contributed by atoms with Gasteiger partial charge in [0.2, 0.25) is 11.8 Å². The van der Waals surface area contributed by atoms with Crippen LogP contribution in [-0.4, -0.2) is 36.9 Å². The van der Waals surface area contributed by atoms with Crippen LogP contribution in [0.25, 0.3) is 0 Å². The zero-order valence-corrected chi connectivity index (χ0v) is 14.9. The van der Waals surface area contributed by atoms with Gasteiger partial charge in [-0.2, -0.15) is 0 Å². The molecule has 1 aliphatic rings. The van der Waals surface area contributed by atoms with Crippen LogP contribution in [0.2, 0.25) is 0 Å². The summed E-state index contributed by atoms with van der Waals surface area (Å²) < 4.78 is 5.09. The fourth-order valence-electron chi connectivity index (χ4n) is 2.68. The largest absolute Gasteiger partial charge is 0.459 e. The van der Waals surface area contributed by atoms with Crippen molar-refractivity contribution >= 4 is 17.7 Å². The first kappa shape index (κ1) is 18.7. The quantitative estimate of drug-likeness (QED) is 0.580. The molecule has 3 rings (SSSR count). The van der Waals surface area contributed by atoms with E-state index in [1.165, 1.54) is 6.26 Å². The molecule has 7 heteroatoms. The molecule has 1 aromatic heterocycles. The maximum Gasteiger partial charge on any atom is 0.287 e. The first-order valence-corrected chi connectivity index (χ1v) is 9.07. The molecule has 0 bridgehead atoms. The van der Waals surface area contributed by atoms with Crippen LogP contribution in [0, 0.1) is 5.92 Å². The minimum atomic E-state index is -0.746. The van der Waals surface area contributed by atoms with E-state index >= 15 is 0 Å². The van der Waals surface area contributed by atoms with Gasteiger partial charge in [-0.05, 0) is 30.5 Å². The molecule has 1 fully saturated rings. The molecule has 3 N–H and O–H groups in total. The van der Waals surface area contributed by atoms with E-state index in [1.54, 1.807) is 12.1 Å². The summed E-state index contributed by atoms with van der Waals surface area (Å²) in [6, 6.07) is 11.9. The van der Waals surface area contributed by atoms with Crippen molar-refractivity contribution in [3.8, 4) is 0 Å². The topological polar surface area (TPSA) is 100 Å². The standard InChI is InChI=1S/C20H23N3O4/c24-18(15-8-9-15)21-10-11-22-19(25)16(13-14-5-2-1-3-6-14)23-20(26)17-7-4-12-27-17/h1-7,12,15-16H,8-11,13H2,(H,21,24)(H,22,25)(H,23,26). The van der Waals surface area contributed by atoms with Crippen molar-refractivity contribution in [3.05, 3.63) is 60.1 Å². The van der Waals surface area contributed by atoms with E-state index in [4.69, 9.17) is 4.42 Å². The van der Waals surface area contributed by atoms with E-state index < -0.39 is 11.9 Å². The highest BCUT2D eigenvalue weighted by Crippen LogP contribution is 2.28. The second-order valence-electron chi connectivity index (χ2n) is 6.55. The molecule has 7 nitrogen and oxygen atoms in total. The van der Waals surface area contributed by atoms with Crippen LogP contribution in [0.15, 0.2) is 53.1 Å². The summed E-state index contributed by atoms with van der Waals surface area (Å²) in [5, 5.41) is 8.28. The molecule has 1 aliphatic carbocycles. The average molecular weight is 369 g/mol. The maximum absolute atomic E-state index is 12.6. The first-order chi connectivity index (χ1) is 13.1. The summed E-state index contributed by atoms with van der Waals surface area (Å²) in [4.78, 5) is 36.5. The van der Waals surface area contributed by atoms with Crippen LogP contribution in [0.1, 0.15) is 29.0 Å². The van der Waals surface area contributed by atoms with E-state index in [-0.39, 0.29) is 23.5 Å². The Labute approximate surface area is 157 Å². The maximum atomic E-state index is 12.6. The molecule has 0 aliphatic heterocycles. The highest BCUT2D eigenvalue weighted by atomic mass is 16.3. The van der Waals surface area contributed by atoms with Crippen molar-refractivity contribution < 1.29 is 18.8 Å². The Balaban J connectivity index is 1.54. The smallest absolute Gasteiger partial charge is 0.287 e. The van der Waals surface area contributed by atoms with Gasteiger partial charge in [-0.3, -0.25) is 14.4 Å². The molecule has 0 saturated heterocycles. The molecule has 1 aromatic carbocycles. The van der Waals surface area contributed by atoms with E-state index in [9.17, 15) is 14.4 Å². The molecular weight excluding hydrogens is 346 g/mol. The second-order valence-corrected chi connectivity index (χ2v) is 6.55. The number of hydrogen-bond donors (Lipinski definition) is 3. The monoisotopic (exact) mass is 369 g/mol. The van der Waals surface area contributed by atoms with E-state index in [2.05, 4.69) is 16.0 Å². The number of nitrogens with one attached hydrogen (secondary N) is 3. The number of carbonyl (C=O) groups is 3. The molecule has 0 radical (unpaired) electrons. The molecule has 1 saturated carbocycles. The summed E-state index contributed by atoms with van der Waals surface area (Å²) in [7, 11) is 0. The third kappa shape index (κ3) is 5.70. The number of carbonyl (C=O) groups excluding carboxylic acids is 3. The molecule has 3 amide bonds. The Kier molecular flexibility index (Phi) is 6.25. The van der Waals surface area contributed by atoms with Crippen molar-refractivity contribution in [3.63, 3.8) is 0 Å². The van der Waals surface area contributed by atoms with Crippen LogP contribution >= 0.6 is 0 Å². The number of furan rings is 1. The van der Waals surface area contributed by atoms with E-state index in [0.717, 1.165) is 18.4 Å². The van der Waals surface area contributed by atoms with E-state index in [1.807, 2.05) is 30.3 Å². The third-order valence-corrected chi connectivity index (χ3v) is 4.32. The van der Waals surface area contributed by atoms with Crippen molar-refractivity contribution in [2.24, 2.45) is 5.92 Å². The fourth-order valence-corrected chi connectivity index (χ4v) is 2.68. The average Bonchev–Trinajstić information content (AvgIpc) is 3.39. The van der Waals surface area contributed by atoms with Gasteiger partial charge in [0.25, 0.3) is 5.91 Å². The lowest BCUT2D eigenvalue weighted by molar-refractivity contribution is -0.124. The lowest BCUT2D eigenvalue weighted by atomic mass is 10.1. The highest BCUT2D eigenvalue weighted by molar-refractivity contribution is 5.95. The molecular formula is C20H23N3O4. The van der Waals surface area contributed by atoms with Crippen molar-refractivity contribution in [2.75, 3.05) is 13.1 Å². The third-order valence-electron chi connectivity index (χ3n) is 4.32. The zero-order valence-electron chi connectivity index (χ0n) is 14.9. The van der Waals surface area contributed by atoms with Crippen molar-refractivity contribution in [2.45, 2.75) is 25.3 Å². The van der Waals surface area contributed by atoms with Gasteiger partial charge in [0.05, 0.1) is 6.26 Å². The Hall–Kier alpha value is -3.09. The molecule has 27 heavy (non-hydrogen) atoms. The summed E-state index contributed by atoms with van der Waals surface area (Å²) in [6.07, 6.45) is 3.64. The SMILES string of the molecule is O=C(NC(Cc1ccccc1)C(=O)NCCNC(=O)C1CC1)c1ccco1. The lowest BCUT2D eigenvalue weighted by Gasteiger charge is -2.18. The Morgan fingerprint density at radius 1 is 1.00 bits per heavy atom. The van der Waals surface area contributed by atoms with Gasteiger partial charge >= 0.3 is 0 Å². The summed E-state index contributed by atoms with van der Waals surface area (Å²) in [6.45, 7) is 0.671. The predicted octanol–water partition coefficient (Wildman–Crippen LogP) is 1.26. The number of amides is 3. The highest BCUT2D eigenvalue weighted by Gasteiger charge is 2.29. The number of benzene rings is 1. The van der Waals surface area contributed by atoms with Crippen molar-refractivity contribution in [1.29, 1.82) is 0 Å². The summed E-state index contributed by atoms with van der Waals surface area (Å²) in [5.74, 6) is -0.426. The van der Waals surface area contributed by atoms with Gasteiger partial charge in [0.15, 0.2) is 5.76 Å². The van der Waals surface area contributed by atoms with Crippen LogP contribution in [0.3, 0.4) is 0 Å². The normalized spacial score (nSPS) is 14.2. The predicted molar refractivity (Wildman–Crippen MR) is 98.9 cm³/mol. The summed E-state index contributed by atoms with van der Waals surface area (Å²) in [5.41, 5.74) is 0.930. The molecule has 0 spiro atoms. The molecule has 1 atom stereocenters. The van der Waals surface area contributed by atoms with Gasteiger partial charge in [-0.1, -0.05) is 30.3 Å². The minimum Gasteiger partial charge on any atom is -0.459 e. The van der Waals surface area contributed by atoms with E-state index in [0.29, 0.717) is 19.5 Å². The van der Waals surface area contributed by atoms with Gasteiger partial charge in [-0.25, -0.2) is 0 Å². The Bertz CT molecular complexity index is 770. The first-order valence-electron chi connectivity index (χ1n) is 9.07. The van der Waals surface area contributed by atoms with Crippen LogP contribution < -0.4 is 16.0 Å². The molecule has 1 unspecified atom stereocenters. The van der Waals surface area contributed by atoms with Gasteiger partial charge in [0.1, 0.15) is 6.04 Å². The van der Waals surface area contributed by atoms with Crippen molar-refractivity contribution in [1.82, 2.24) is 16.0 Å². The number of hydrogen-bond acceptors (Lipinski definition) is 4. The molecule has 2 aromatic rings. The van der Waals surface area contributed by atoms with Gasteiger partial charge in [0, 0.05) is 25.4 Å². The lowest BCUT2D eigenvalue weighted by Crippen LogP contribution is -2.49. The molecule has 1 heterocycles. The van der Waals surface area contributed by atoms with Gasteiger partial charge in [-0.15, -0.1) is 0 Å². The zero-order chi connectivity index (χ0) is 19.1.